The Morgan fingerprint density at radius 1 is 0.978 bits per heavy atom. The third kappa shape index (κ3) is 7.99. The van der Waals surface area contributed by atoms with Crippen LogP contribution >= 0.6 is 23.1 Å². The Hall–Kier alpha value is -4.54. The average Bonchev–Trinajstić information content (AvgIpc) is 3.53. The number of hydrogen-bond acceptors (Lipinski definition) is 10. The van der Waals surface area contributed by atoms with Crippen molar-refractivity contribution >= 4 is 62.2 Å². The lowest BCUT2D eigenvalue weighted by Crippen LogP contribution is -2.31. The summed E-state index contributed by atoms with van der Waals surface area (Å²) >= 11 is 6.59. The number of amides is 2. The summed E-state index contributed by atoms with van der Waals surface area (Å²) in [5, 5.41) is 4.84. The summed E-state index contributed by atoms with van der Waals surface area (Å²) in [7, 11) is -1.78. The summed E-state index contributed by atoms with van der Waals surface area (Å²) < 4.78 is 78.2. The highest BCUT2D eigenvalue weighted by atomic mass is 35.5. The lowest BCUT2D eigenvalue weighted by atomic mass is 10.1. The zero-order chi connectivity index (χ0) is 33.8. The summed E-state index contributed by atoms with van der Waals surface area (Å²) in [6.45, 7) is 4.44. The minimum atomic E-state index is -4.57. The fraction of sp³-hybridized carbons (Fsp3) is 0.241. The van der Waals surface area contributed by atoms with E-state index in [9.17, 15) is 18.0 Å². The molecule has 0 aliphatic carbocycles. The number of sulfonamides is 1. The topological polar surface area (TPSA) is 149 Å². The molecule has 244 valence electrons. The molecule has 1 heterocycles. The van der Waals surface area contributed by atoms with Gasteiger partial charge >= 0.3 is 6.09 Å². The van der Waals surface area contributed by atoms with Gasteiger partial charge in [-0.15, -0.1) is 0 Å². The van der Waals surface area contributed by atoms with E-state index in [-0.39, 0.29) is 22.0 Å². The molecule has 0 atom stereocenters. The molecule has 0 saturated heterocycles. The molecule has 46 heavy (non-hydrogen) atoms. The average molecular weight is 696 g/mol. The maximum atomic E-state index is 15.8. The van der Waals surface area contributed by atoms with Gasteiger partial charge in [0.2, 0.25) is 4.34 Å². The Morgan fingerprint density at radius 3 is 2.35 bits per heavy atom. The molecule has 0 unspecified atom stereocenters. The van der Waals surface area contributed by atoms with Crippen LogP contribution in [0.4, 0.5) is 30.6 Å². The molecule has 4 aromatic rings. The van der Waals surface area contributed by atoms with E-state index in [4.69, 9.17) is 25.8 Å². The minimum Gasteiger partial charge on any atom is -0.497 e. The molecule has 17 heteroatoms. The number of ether oxygens (including phenoxy) is 3. The predicted molar refractivity (Wildman–Crippen MR) is 168 cm³/mol. The molecular weight excluding hydrogens is 668 g/mol. The summed E-state index contributed by atoms with van der Waals surface area (Å²) in [5.74, 6) is -2.66. The van der Waals surface area contributed by atoms with E-state index in [1.165, 1.54) is 44.6 Å². The van der Waals surface area contributed by atoms with Gasteiger partial charge in [-0.1, -0.05) is 11.6 Å². The van der Waals surface area contributed by atoms with Crippen LogP contribution in [0.5, 0.6) is 11.5 Å². The van der Waals surface area contributed by atoms with E-state index in [0.717, 1.165) is 6.33 Å². The third-order valence-electron chi connectivity index (χ3n) is 6.08. The van der Waals surface area contributed by atoms with Crippen molar-refractivity contribution in [2.24, 2.45) is 0 Å². The lowest BCUT2D eigenvalue weighted by molar-refractivity contribution is 0.0636. The summed E-state index contributed by atoms with van der Waals surface area (Å²) in [6, 6.07) is 9.73. The number of carbonyl (C=O) groups excluding carboxylic acids is 2. The highest BCUT2D eigenvalue weighted by molar-refractivity contribution is 7.94. The third-order valence-corrected chi connectivity index (χ3v) is 9.08. The maximum absolute atomic E-state index is 15.8. The van der Waals surface area contributed by atoms with Gasteiger partial charge in [0.25, 0.3) is 15.9 Å². The molecule has 2 N–H and O–H groups in total. The zero-order valence-electron chi connectivity index (χ0n) is 25.1. The van der Waals surface area contributed by atoms with Gasteiger partial charge in [0.05, 0.1) is 43.4 Å². The molecule has 3 aromatic carbocycles. The van der Waals surface area contributed by atoms with Crippen LogP contribution in [0.15, 0.2) is 59.2 Å². The van der Waals surface area contributed by atoms with Crippen molar-refractivity contribution in [1.82, 2.24) is 9.36 Å². The van der Waals surface area contributed by atoms with Crippen LogP contribution in [0.1, 0.15) is 36.7 Å². The predicted octanol–water partition coefficient (Wildman–Crippen LogP) is 6.48. The second-order valence-electron chi connectivity index (χ2n) is 10.5. The molecule has 12 nitrogen and oxygen atoms in total. The minimum absolute atomic E-state index is 0.0560. The van der Waals surface area contributed by atoms with Crippen LogP contribution in [0, 0.1) is 11.6 Å². The number of rotatable bonds is 10. The molecule has 0 saturated carbocycles. The van der Waals surface area contributed by atoms with Gasteiger partial charge in [-0.25, -0.2) is 18.6 Å². The second kappa shape index (κ2) is 13.8. The van der Waals surface area contributed by atoms with E-state index in [2.05, 4.69) is 20.0 Å². The number of nitrogens with one attached hydrogen (secondary N) is 2. The Morgan fingerprint density at radius 2 is 1.72 bits per heavy atom. The van der Waals surface area contributed by atoms with Gasteiger partial charge in [0.1, 0.15) is 35.1 Å². The summed E-state index contributed by atoms with van der Waals surface area (Å²) in [5.41, 5.74) is -2.04. The quantitative estimate of drug-likeness (QED) is 0.190. The molecule has 2 amide bonds. The van der Waals surface area contributed by atoms with Crippen LogP contribution in [0.2, 0.25) is 5.02 Å². The van der Waals surface area contributed by atoms with Gasteiger partial charge in [0, 0.05) is 28.8 Å². The number of aromatic nitrogens is 2. The van der Waals surface area contributed by atoms with Crippen LogP contribution in [0.25, 0.3) is 0 Å². The molecule has 0 aliphatic rings. The normalized spacial score (nSPS) is 11.5. The van der Waals surface area contributed by atoms with Crippen LogP contribution in [0.3, 0.4) is 0 Å². The van der Waals surface area contributed by atoms with Crippen molar-refractivity contribution in [2.75, 3.05) is 29.2 Å². The molecule has 1 aromatic heterocycles. The van der Waals surface area contributed by atoms with Gasteiger partial charge in [-0.2, -0.15) is 12.8 Å². The number of methoxy groups -OCH3 is 2. The smallest absolute Gasteiger partial charge is 0.412 e. The first-order valence-corrected chi connectivity index (χ1v) is 15.8. The molecule has 0 bridgehead atoms. The van der Waals surface area contributed by atoms with Crippen LogP contribution < -0.4 is 24.4 Å². The van der Waals surface area contributed by atoms with Crippen molar-refractivity contribution in [3.05, 3.63) is 82.6 Å². The van der Waals surface area contributed by atoms with Gasteiger partial charge in [-0.3, -0.25) is 14.4 Å². The number of anilines is 3. The van der Waals surface area contributed by atoms with E-state index in [1.54, 1.807) is 26.8 Å². The van der Waals surface area contributed by atoms with Crippen molar-refractivity contribution in [1.29, 1.82) is 0 Å². The number of halogens is 3. The van der Waals surface area contributed by atoms with Gasteiger partial charge in [-0.05, 0) is 62.6 Å². The van der Waals surface area contributed by atoms with Crippen LogP contribution in [-0.4, -0.2) is 49.6 Å². The fourth-order valence-electron chi connectivity index (χ4n) is 4.05. The van der Waals surface area contributed by atoms with E-state index < -0.39 is 61.5 Å². The van der Waals surface area contributed by atoms with Crippen molar-refractivity contribution < 1.29 is 41.0 Å². The molecule has 0 radical (unpaired) electrons. The fourth-order valence-corrected chi connectivity index (χ4v) is 6.36. The molecule has 0 aliphatic heterocycles. The highest BCUT2D eigenvalue weighted by Gasteiger charge is 2.32. The highest BCUT2D eigenvalue weighted by Crippen LogP contribution is 2.35. The Kier molecular flexibility index (Phi) is 10.3. The number of hydrogen-bond donors (Lipinski definition) is 2. The van der Waals surface area contributed by atoms with Gasteiger partial charge < -0.3 is 19.5 Å². The van der Waals surface area contributed by atoms with Crippen molar-refractivity contribution in [2.45, 2.75) is 37.3 Å². The van der Waals surface area contributed by atoms with Gasteiger partial charge in [0.15, 0.2) is 0 Å². The lowest BCUT2D eigenvalue weighted by Gasteiger charge is -2.25. The number of carbonyl (C=O) groups is 2. The molecule has 0 fully saturated rings. The van der Waals surface area contributed by atoms with Crippen molar-refractivity contribution in [3.8, 4) is 11.5 Å². The first-order chi connectivity index (χ1) is 21.6. The number of benzene rings is 3. The Labute approximate surface area is 272 Å². The largest absolute Gasteiger partial charge is 0.497 e. The SMILES string of the molecule is COc1ccc(CN(c2cc(F)c(NC(=O)c3ccc(Cl)cc3NC(=O)OC(C)(C)C)cc2F)S(=O)(=O)c2ncns2)c(OC)c1. The summed E-state index contributed by atoms with van der Waals surface area (Å²) in [4.78, 5) is 29.3. The standard InChI is InChI=1S/C29H28ClF2N5O7S2/c1-29(2,3)44-27(39)36-22-10-17(30)7-9-19(22)26(38)35-23-12-21(32)24(13-20(23)31)37(46(40,41)28-33-15-34-45-28)14-16-6-8-18(42-4)11-25(16)43-5/h6-13,15H,14H2,1-5H3,(H,35,38)(H,36,39). The first-order valence-electron chi connectivity index (χ1n) is 13.2. The maximum Gasteiger partial charge on any atom is 0.412 e. The molecule has 4 rings (SSSR count). The Bertz CT molecular complexity index is 1870. The van der Waals surface area contributed by atoms with E-state index in [1.807, 2.05) is 0 Å². The molecule has 0 spiro atoms. The first kappa shape index (κ1) is 34.3. The van der Waals surface area contributed by atoms with E-state index in [0.29, 0.717) is 39.3 Å². The summed E-state index contributed by atoms with van der Waals surface area (Å²) in [6.07, 6.45) is 0.137. The number of nitrogens with zero attached hydrogens (tertiary/aromatic N) is 3. The molecular formula is C29H28ClF2N5O7S2. The monoisotopic (exact) mass is 695 g/mol. The van der Waals surface area contributed by atoms with E-state index >= 15 is 8.78 Å². The van der Waals surface area contributed by atoms with Crippen molar-refractivity contribution in [3.63, 3.8) is 0 Å². The Balaban J connectivity index is 1.70. The van der Waals surface area contributed by atoms with Crippen LogP contribution in [-0.2, 0) is 21.3 Å². The zero-order valence-corrected chi connectivity index (χ0v) is 27.4. The second-order valence-corrected chi connectivity index (χ2v) is 13.7.